The summed E-state index contributed by atoms with van der Waals surface area (Å²) in [6.45, 7) is 6.88. The summed E-state index contributed by atoms with van der Waals surface area (Å²) in [6, 6.07) is 18.4. The first-order chi connectivity index (χ1) is 18.2. The van der Waals surface area contributed by atoms with Crippen LogP contribution in [0.25, 0.3) is 0 Å². The zero-order valence-corrected chi connectivity index (χ0v) is 22.3. The Morgan fingerprint density at radius 2 is 1.53 bits per heavy atom. The lowest BCUT2D eigenvalue weighted by Crippen LogP contribution is -2.42. The molecule has 0 bridgehead atoms. The molecule has 38 heavy (non-hydrogen) atoms. The lowest BCUT2D eigenvalue weighted by Gasteiger charge is -2.33. The topological polar surface area (TPSA) is 87.2 Å². The van der Waals surface area contributed by atoms with Crippen LogP contribution in [0.15, 0.2) is 66.9 Å². The van der Waals surface area contributed by atoms with E-state index in [0.29, 0.717) is 30.5 Å². The zero-order chi connectivity index (χ0) is 27.1. The second-order valence-corrected chi connectivity index (χ2v) is 10.3. The Hall–Kier alpha value is -4.07. The first-order valence-corrected chi connectivity index (χ1v) is 12.8. The molecular weight excluding hydrogens is 484 g/mol. The number of amides is 1. The van der Waals surface area contributed by atoms with Gasteiger partial charge in [-0.3, -0.25) is 0 Å². The number of esters is 1. The quantitative estimate of drug-likeness (QED) is 0.324. The SMILES string of the molecule is COC(=O)c1cc(CC2CCN(C(=O)OC(C)(C)C)CC2)cnc1Oc1ccc(Oc2ccccc2)cc1. The van der Waals surface area contributed by atoms with Crippen LogP contribution < -0.4 is 9.47 Å². The number of carbonyl (C=O) groups is 2. The van der Waals surface area contributed by atoms with Crippen molar-refractivity contribution in [2.75, 3.05) is 20.2 Å². The minimum Gasteiger partial charge on any atom is -0.465 e. The number of nitrogens with zero attached hydrogens (tertiary/aromatic N) is 2. The van der Waals surface area contributed by atoms with Crippen LogP contribution in [0.4, 0.5) is 4.79 Å². The molecule has 0 atom stereocenters. The number of ether oxygens (including phenoxy) is 4. The van der Waals surface area contributed by atoms with Crippen molar-refractivity contribution in [1.82, 2.24) is 9.88 Å². The first-order valence-electron chi connectivity index (χ1n) is 12.8. The molecule has 1 saturated heterocycles. The fraction of sp³-hybridized carbons (Fsp3) is 0.367. The third kappa shape index (κ3) is 7.47. The molecular formula is C30H34N2O6. The maximum atomic E-state index is 12.5. The van der Waals surface area contributed by atoms with Gasteiger partial charge in [-0.15, -0.1) is 0 Å². The molecule has 1 aliphatic rings. The van der Waals surface area contributed by atoms with E-state index in [2.05, 4.69) is 4.98 Å². The van der Waals surface area contributed by atoms with Crippen LogP contribution in [-0.4, -0.2) is 47.7 Å². The Labute approximate surface area is 223 Å². The van der Waals surface area contributed by atoms with E-state index in [1.54, 1.807) is 41.4 Å². The molecule has 1 amide bonds. The van der Waals surface area contributed by atoms with Crippen molar-refractivity contribution in [3.05, 3.63) is 78.0 Å². The van der Waals surface area contributed by atoms with E-state index >= 15 is 0 Å². The summed E-state index contributed by atoms with van der Waals surface area (Å²) >= 11 is 0. The van der Waals surface area contributed by atoms with E-state index in [1.165, 1.54) is 7.11 Å². The van der Waals surface area contributed by atoms with Crippen LogP contribution in [0, 0.1) is 5.92 Å². The second kappa shape index (κ2) is 12.0. The Morgan fingerprint density at radius 1 is 0.921 bits per heavy atom. The molecule has 2 aromatic carbocycles. The van der Waals surface area contributed by atoms with Crippen molar-refractivity contribution >= 4 is 12.1 Å². The van der Waals surface area contributed by atoms with Crippen molar-refractivity contribution < 1.29 is 28.5 Å². The van der Waals surface area contributed by atoms with Crippen molar-refractivity contribution in [2.45, 2.75) is 45.6 Å². The summed E-state index contributed by atoms with van der Waals surface area (Å²) in [4.78, 5) is 31.1. The van der Waals surface area contributed by atoms with E-state index in [4.69, 9.17) is 18.9 Å². The summed E-state index contributed by atoms with van der Waals surface area (Å²) < 4.78 is 22.2. The fourth-order valence-electron chi connectivity index (χ4n) is 4.24. The number of benzene rings is 2. The normalized spacial score (nSPS) is 14.1. The van der Waals surface area contributed by atoms with Gasteiger partial charge in [0.2, 0.25) is 5.88 Å². The predicted molar refractivity (Wildman–Crippen MR) is 143 cm³/mol. The average Bonchev–Trinajstić information content (AvgIpc) is 2.90. The van der Waals surface area contributed by atoms with Crippen molar-refractivity contribution in [3.63, 3.8) is 0 Å². The van der Waals surface area contributed by atoms with Gasteiger partial charge in [-0.05, 0) is 94.0 Å². The minimum absolute atomic E-state index is 0.178. The highest BCUT2D eigenvalue weighted by molar-refractivity contribution is 5.92. The van der Waals surface area contributed by atoms with Gasteiger partial charge in [0.15, 0.2) is 0 Å². The van der Waals surface area contributed by atoms with Gasteiger partial charge in [-0.2, -0.15) is 0 Å². The molecule has 4 rings (SSSR count). The largest absolute Gasteiger partial charge is 0.465 e. The number of hydrogen-bond donors (Lipinski definition) is 0. The van der Waals surface area contributed by atoms with Gasteiger partial charge in [0.05, 0.1) is 7.11 Å². The number of carbonyl (C=O) groups excluding carboxylic acids is 2. The lowest BCUT2D eigenvalue weighted by atomic mass is 9.90. The van der Waals surface area contributed by atoms with E-state index in [9.17, 15) is 9.59 Å². The van der Waals surface area contributed by atoms with E-state index in [1.807, 2.05) is 51.1 Å². The highest BCUT2D eigenvalue weighted by atomic mass is 16.6. The van der Waals surface area contributed by atoms with Crippen LogP contribution in [0.2, 0.25) is 0 Å². The maximum Gasteiger partial charge on any atom is 0.410 e. The van der Waals surface area contributed by atoms with Gasteiger partial charge in [0.25, 0.3) is 0 Å². The summed E-state index contributed by atoms with van der Waals surface area (Å²) in [7, 11) is 1.33. The van der Waals surface area contributed by atoms with Gasteiger partial charge >= 0.3 is 12.1 Å². The van der Waals surface area contributed by atoms with Gasteiger partial charge in [-0.25, -0.2) is 14.6 Å². The molecule has 0 unspecified atom stereocenters. The minimum atomic E-state index is -0.516. The van der Waals surface area contributed by atoms with Gasteiger partial charge in [-0.1, -0.05) is 18.2 Å². The Balaban J connectivity index is 1.39. The zero-order valence-electron chi connectivity index (χ0n) is 22.3. The Bertz CT molecular complexity index is 1230. The molecule has 0 N–H and O–H groups in total. The van der Waals surface area contributed by atoms with Crippen molar-refractivity contribution in [2.24, 2.45) is 5.92 Å². The Morgan fingerprint density at radius 3 is 2.13 bits per heavy atom. The number of likely N-dealkylation sites (tertiary alicyclic amines) is 1. The van der Waals surface area contributed by atoms with Gasteiger partial charge < -0.3 is 23.8 Å². The number of rotatable bonds is 7. The molecule has 1 fully saturated rings. The molecule has 1 aromatic heterocycles. The van der Waals surface area contributed by atoms with Gasteiger partial charge in [0.1, 0.15) is 28.4 Å². The molecule has 0 spiro atoms. The van der Waals surface area contributed by atoms with Crippen LogP contribution >= 0.6 is 0 Å². The first kappa shape index (κ1) is 27.0. The smallest absolute Gasteiger partial charge is 0.410 e. The number of pyridine rings is 1. The van der Waals surface area contributed by atoms with Crippen LogP contribution in [0.3, 0.4) is 0 Å². The van der Waals surface area contributed by atoms with Crippen LogP contribution in [0.5, 0.6) is 23.1 Å². The summed E-state index contributed by atoms with van der Waals surface area (Å²) in [6.07, 6.45) is 3.90. The predicted octanol–water partition coefficient (Wildman–Crippen LogP) is 6.64. The molecule has 0 aliphatic carbocycles. The molecule has 0 radical (unpaired) electrons. The molecule has 8 heteroatoms. The van der Waals surface area contributed by atoms with E-state index in [-0.39, 0.29) is 17.5 Å². The maximum absolute atomic E-state index is 12.5. The number of para-hydroxylation sites is 1. The highest BCUT2D eigenvalue weighted by Gasteiger charge is 2.27. The van der Waals surface area contributed by atoms with Crippen molar-refractivity contribution in [3.8, 4) is 23.1 Å². The van der Waals surface area contributed by atoms with Gasteiger partial charge in [0, 0.05) is 19.3 Å². The molecule has 0 saturated carbocycles. The fourth-order valence-corrected chi connectivity index (χ4v) is 4.24. The molecule has 8 nitrogen and oxygen atoms in total. The third-order valence-electron chi connectivity index (χ3n) is 6.12. The van der Waals surface area contributed by atoms with Crippen LogP contribution in [-0.2, 0) is 15.9 Å². The highest BCUT2D eigenvalue weighted by Crippen LogP contribution is 2.30. The summed E-state index contributed by atoms with van der Waals surface area (Å²) in [5.74, 6) is 1.95. The monoisotopic (exact) mass is 518 g/mol. The van der Waals surface area contributed by atoms with Crippen LogP contribution in [0.1, 0.15) is 49.5 Å². The second-order valence-electron chi connectivity index (χ2n) is 10.3. The third-order valence-corrected chi connectivity index (χ3v) is 6.12. The van der Waals surface area contributed by atoms with Crippen molar-refractivity contribution in [1.29, 1.82) is 0 Å². The van der Waals surface area contributed by atoms with E-state index < -0.39 is 11.6 Å². The number of methoxy groups -OCH3 is 1. The Kier molecular flexibility index (Phi) is 8.51. The number of piperidine rings is 1. The molecule has 3 aromatic rings. The number of aromatic nitrogens is 1. The molecule has 200 valence electrons. The number of hydrogen-bond acceptors (Lipinski definition) is 7. The standard InChI is InChI=1S/C30H34N2O6/c1-30(2,3)38-29(34)32-16-14-21(15-17-32)18-22-19-26(28(33)35-4)27(31-20-22)37-25-12-10-24(11-13-25)36-23-8-6-5-7-9-23/h5-13,19-21H,14-18H2,1-4H3. The molecule has 2 heterocycles. The summed E-state index contributed by atoms with van der Waals surface area (Å²) in [5.41, 5.74) is 0.673. The summed E-state index contributed by atoms with van der Waals surface area (Å²) in [5, 5.41) is 0. The lowest BCUT2D eigenvalue weighted by molar-refractivity contribution is 0.0184. The van der Waals surface area contributed by atoms with E-state index in [0.717, 1.165) is 30.6 Å². The average molecular weight is 519 g/mol. The molecule has 1 aliphatic heterocycles.